The zero-order valence-electron chi connectivity index (χ0n) is 13.2. The molecule has 0 amide bonds. The van der Waals surface area contributed by atoms with Gasteiger partial charge in [-0.2, -0.15) is 0 Å². The lowest BCUT2D eigenvalue weighted by Gasteiger charge is -2.14. The van der Waals surface area contributed by atoms with E-state index in [0.717, 1.165) is 22.3 Å². The minimum absolute atomic E-state index is 0.125. The average Bonchev–Trinajstić information content (AvgIpc) is 3.14. The summed E-state index contributed by atoms with van der Waals surface area (Å²) in [5, 5.41) is 4.38. The largest absolute Gasteiger partial charge is 0.378 e. The van der Waals surface area contributed by atoms with Crippen LogP contribution in [0.2, 0.25) is 0 Å². The van der Waals surface area contributed by atoms with Crippen molar-refractivity contribution in [1.82, 2.24) is 4.98 Å². The van der Waals surface area contributed by atoms with Crippen molar-refractivity contribution in [2.24, 2.45) is 0 Å². The molecule has 0 radical (unpaired) electrons. The number of anilines is 1. The summed E-state index contributed by atoms with van der Waals surface area (Å²) in [6.07, 6.45) is 0.410. The Bertz CT molecular complexity index is 612. The van der Waals surface area contributed by atoms with E-state index >= 15 is 0 Å². The van der Waals surface area contributed by atoms with Gasteiger partial charge in [-0.3, -0.25) is 0 Å². The molecule has 1 saturated heterocycles. The van der Waals surface area contributed by atoms with Gasteiger partial charge in [0.25, 0.3) is 0 Å². The van der Waals surface area contributed by atoms with Crippen LogP contribution in [0.3, 0.4) is 0 Å². The first kappa shape index (κ1) is 15.8. The molecule has 1 aromatic heterocycles. The first-order valence-electron chi connectivity index (χ1n) is 7.43. The number of ether oxygens (including phenoxy) is 1. The normalized spacial score (nSPS) is 21.2. The summed E-state index contributed by atoms with van der Waals surface area (Å²) in [5.41, 5.74) is 3.56. The summed E-state index contributed by atoms with van der Waals surface area (Å²) in [5.74, 6) is 0.968. The van der Waals surface area contributed by atoms with E-state index < -0.39 is 0 Å². The number of hydrogen-bond acceptors (Lipinski definition) is 5. The summed E-state index contributed by atoms with van der Waals surface area (Å²) in [6.45, 7) is 3.05. The third kappa shape index (κ3) is 3.81. The smallest absolute Gasteiger partial charge is 0.217 e. The molecule has 0 saturated carbocycles. The predicted molar refractivity (Wildman–Crippen MR) is 92.8 cm³/mol. The monoisotopic (exact) mass is 336 g/mol. The molecule has 2 aromatic rings. The zero-order valence-corrected chi connectivity index (χ0v) is 14.8. The highest BCUT2D eigenvalue weighted by molar-refractivity contribution is 8.01. The number of aryl methyl sites for hydroxylation is 1. The molecule has 1 aliphatic rings. The quantitative estimate of drug-likeness (QED) is 0.851. The van der Waals surface area contributed by atoms with E-state index in [2.05, 4.69) is 58.9 Å². The van der Waals surface area contributed by atoms with Gasteiger partial charge >= 0.3 is 0 Å². The van der Waals surface area contributed by atoms with Crippen LogP contribution in [0.1, 0.15) is 17.5 Å². The molecule has 0 spiro atoms. The molecule has 0 bridgehead atoms. The lowest BCUT2D eigenvalue weighted by molar-refractivity contribution is -0.697. The Hall–Kier alpha value is -1.08. The van der Waals surface area contributed by atoms with Crippen molar-refractivity contribution in [3.63, 3.8) is 0 Å². The molecule has 3 rings (SSSR count). The van der Waals surface area contributed by atoms with Crippen molar-refractivity contribution in [3.05, 3.63) is 40.9 Å². The SMILES string of the molecule is Cc1csc(SC[C@H]2C[NH2+][C@@H](c3ccc(N(C)C)cc3)O2)n1. The van der Waals surface area contributed by atoms with Crippen LogP contribution in [-0.2, 0) is 4.74 Å². The van der Waals surface area contributed by atoms with Gasteiger partial charge in [0, 0.05) is 42.2 Å². The molecule has 0 aliphatic carbocycles. The van der Waals surface area contributed by atoms with Crippen molar-refractivity contribution in [3.8, 4) is 0 Å². The van der Waals surface area contributed by atoms with E-state index in [4.69, 9.17) is 4.74 Å². The molecular formula is C16H22N3OS2+. The maximum absolute atomic E-state index is 6.16. The van der Waals surface area contributed by atoms with Gasteiger partial charge in [-0.1, -0.05) is 11.8 Å². The Morgan fingerprint density at radius 2 is 2.14 bits per heavy atom. The highest BCUT2D eigenvalue weighted by Crippen LogP contribution is 2.26. The summed E-state index contributed by atoms with van der Waals surface area (Å²) in [4.78, 5) is 6.60. The summed E-state index contributed by atoms with van der Waals surface area (Å²) >= 11 is 3.51. The van der Waals surface area contributed by atoms with Crippen LogP contribution in [0.4, 0.5) is 5.69 Å². The van der Waals surface area contributed by atoms with E-state index in [1.807, 2.05) is 6.92 Å². The van der Waals surface area contributed by atoms with Crippen LogP contribution in [-0.4, -0.2) is 37.5 Å². The molecule has 0 unspecified atom stereocenters. The molecule has 2 atom stereocenters. The van der Waals surface area contributed by atoms with Gasteiger partial charge in [-0.25, -0.2) is 4.98 Å². The Morgan fingerprint density at radius 3 is 2.77 bits per heavy atom. The Balaban J connectivity index is 1.53. The van der Waals surface area contributed by atoms with Crippen LogP contribution >= 0.6 is 23.1 Å². The molecule has 2 heterocycles. The highest BCUT2D eigenvalue weighted by Gasteiger charge is 2.30. The fourth-order valence-electron chi connectivity index (χ4n) is 2.44. The van der Waals surface area contributed by atoms with Crippen LogP contribution < -0.4 is 10.2 Å². The molecule has 1 aliphatic heterocycles. The number of thioether (sulfide) groups is 1. The van der Waals surface area contributed by atoms with Gasteiger partial charge in [-0.05, 0) is 31.2 Å². The molecule has 2 N–H and O–H groups in total. The number of nitrogens with two attached hydrogens (primary N) is 1. The maximum atomic E-state index is 6.16. The Kier molecular flexibility index (Phi) is 5.03. The van der Waals surface area contributed by atoms with Crippen LogP contribution in [0, 0.1) is 6.92 Å². The predicted octanol–water partition coefficient (Wildman–Crippen LogP) is 2.27. The van der Waals surface area contributed by atoms with Crippen molar-refractivity contribution in [2.45, 2.75) is 23.6 Å². The molecule has 1 aromatic carbocycles. The second kappa shape index (κ2) is 7.00. The first-order valence-corrected chi connectivity index (χ1v) is 9.29. The minimum atomic E-state index is 0.125. The number of aromatic nitrogens is 1. The summed E-state index contributed by atoms with van der Waals surface area (Å²) in [6, 6.07) is 8.62. The standard InChI is InChI=1S/C16H21N3OS2/c1-11-9-21-16(18-11)22-10-14-8-17-15(20-14)12-4-6-13(7-5-12)19(2)3/h4-7,9,14-15,17H,8,10H2,1-3H3/p+1/t14-,15-/m1/s1. The fraction of sp³-hybridized carbons (Fsp3) is 0.438. The van der Waals surface area contributed by atoms with E-state index in [0.29, 0.717) is 0 Å². The molecule has 118 valence electrons. The van der Waals surface area contributed by atoms with Crippen LogP contribution in [0.15, 0.2) is 34.0 Å². The minimum Gasteiger partial charge on any atom is -0.378 e. The van der Waals surface area contributed by atoms with E-state index in [1.165, 1.54) is 11.3 Å². The van der Waals surface area contributed by atoms with Gasteiger partial charge in [0.1, 0.15) is 17.0 Å². The second-order valence-electron chi connectivity index (χ2n) is 5.70. The van der Waals surface area contributed by atoms with E-state index in [9.17, 15) is 0 Å². The fourth-order valence-corrected chi connectivity index (χ4v) is 4.33. The van der Waals surface area contributed by atoms with Crippen molar-refractivity contribution >= 4 is 28.8 Å². The number of benzene rings is 1. The molecule has 4 nitrogen and oxygen atoms in total. The average molecular weight is 337 g/mol. The van der Waals surface area contributed by atoms with E-state index in [1.54, 1.807) is 23.1 Å². The number of thiazole rings is 1. The molecule has 1 fully saturated rings. The highest BCUT2D eigenvalue weighted by atomic mass is 32.2. The molecular weight excluding hydrogens is 314 g/mol. The zero-order chi connectivity index (χ0) is 15.5. The number of nitrogens with zero attached hydrogens (tertiary/aromatic N) is 2. The first-order chi connectivity index (χ1) is 10.6. The topological polar surface area (TPSA) is 42.0 Å². The van der Waals surface area contributed by atoms with Gasteiger partial charge in [-0.15, -0.1) is 11.3 Å². The van der Waals surface area contributed by atoms with Crippen LogP contribution in [0.25, 0.3) is 0 Å². The third-order valence-corrected chi connectivity index (χ3v) is 5.95. The number of rotatable bonds is 5. The van der Waals surface area contributed by atoms with E-state index in [-0.39, 0.29) is 12.3 Å². The van der Waals surface area contributed by atoms with Gasteiger partial charge in [0.2, 0.25) is 6.23 Å². The van der Waals surface area contributed by atoms with Crippen molar-refractivity contribution < 1.29 is 10.1 Å². The van der Waals surface area contributed by atoms with Crippen LogP contribution in [0.5, 0.6) is 0 Å². The Morgan fingerprint density at radius 1 is 1.36 bits per heavy atom. The second-order valence-corrected chi connectivity index (χ2v) is 7.83. The molecule has 6 heteroatoms. The van der Waals surface area contributed by atoms with Crippen molar-refractivity contribution in [2.75, 3.05) is 31.3 Å². The number of hydrogen-bond donors (Lipinski definition) is 1. The Labute approximate surface area is 139 Å². The lowest BCUT2D eigenvalue weighted by atomic mass is 10.2. The maximum Gasteiger partial charge on any atom is 0.217 e. The van der Waals surface area contributed by atoms with Gasteiger partial charge in [0.05, 0.1) is 0 Å². The third-order valence-electron chi connectivity index (χ3n) is 3.68. The lowest BCUT2D eigenvalue weighted by Crippen LogP contribution is -2.82. The van der Waals surface area contributed by atoms with Gasteiger partial charge in [0.15, 0.2) is 0 Å². The van der Waals surface area contributed by atoms with Gasteiger partial charge < -0.3 is 15.0 Å². The summed E-state index contributed by atoms with van der Waals surface area (Å²) < 4.78 is 7.30. The van der Waals surface area contributed by atoms with Crippen molar-refractivity contribution in [1.29, 1.82) is 0 Å². The number of quaternary nitrogens is 1. The summed E-state index contributed by atoms with van der Waals surface area (Å²) in [7, 11) is 4.11. The molecule has 22 heavy (non-hydrogen) atoms.